The van der Waals surface area contributed by atoms with Crippen LogP contribution in [0.15, 0.2) is 6.07 Å². The summed E-state index contributed by atoms with van der Waals surface area (Å²) >= 11 is 0. The first kappa shape index (κ1) is 14.9. The summed E-state index contributed by atoms with van der Waals surface area (Å²) in [4.78, 5) is 30.7. The molecular formula is C12H18N4O3. The molecule has 0 radical (unpaired) electrons. The van der Waals surface area contributed by atoms with E-state index in [9.17, 15) is 9.59 Å². The average molecular weight is 266 g/mol. The first-order chi connectivity index (χ1) is 9.06. The Hall–Kier alpha value is -2.18. The molecule has 19 heavy (non-hydrogen) atoms. The minimum Gasteiger partial charge on any atom is -0.463 e. The fourth-order valence-corrected chi connectivity index (χ4v) is 1.34. The highest BCUT2D eigenvalue weighted by atomic mass is 16.5. The summed E-state index contributed by atoms with van der Waals surface area (Å²) in [6, 6.07) is 1.65. The fraction of sp³-hybridized carbons (Fsp3) is 0.500. The lowest BCUT2D eigenvalue weighted by atomic mass is 10.4. The second-order valence-corrected chi connectivity index (χ2v) is 3.91. The third-order valence-electron chi connectivity index (χ3n) is 2.22. The number of nitrogens with zero attached hydrogens (tertiary/aromatic N) is 2. The molecule has 0 aromatic carbocycles. The minimum atomic E-state index is -0.609. The van der Waals surface area contributed by atoms with Crippen molar-refractivity contribution in [3.63, 3.8) is 0 Å². The molecule has 104 valence electrons. The largest absolute Gasteiger partial charge is 0.463 e. The van der Waals surface area contributed by atoms with Gasteiger partial charge >= 0.3 is 5.97 Å². The second-order valence-electron chi connectivity index (χ2n) is 3.91. The van der Waals surface area contributed by atoms with Gasteiger partial charge in [0.1, 0.15) is 5.82 Å². The monoisotopic (exact) mass is 266 g/mol. The average Bonchev–Trinajstić information content (AvgIpc) is 2.41. The van der Waals surface area contributed by atoms with Gasteiger partial charge in [0, 0.05) is 18.3 Å². The van der Waals surface area contributed by atoms with E-state index >= 15 is 0 Å². The van der Waals surface area contributed by atoms with Gasteiger partial charge in [0.2, 0.25) is 11.7 Å². The van der Waals surface area contributed by atoms with Gasteiger partial charge in [-0.1, -0.05) is 6.92 Å². The number of aryl methyl sites for hydroxylation is 1. The number of methoxy groups -OCH3 is 1. The molecule has 7 heteroatoms. The van der Waals surface area contributed by atoms with Crippen LogP contribution in [0, 0.1) is 6.92 Å². The molecule has 1 aromatic heterocycles. The van der Waals surface area contributed by atoms with E-state index in [1.165, 1.54) is 7.11 Å². The maximum atomic E-state index is 11.4. The molecule has 1 amide bonds. The van der Waals surface area contributed by atoms with Crippen molar-refractivity contribution >= 4 is 17.7 Å². The van der Waals surface area contributed by atoms with Crippen LogP contribution in [-0.2, 0) is 9.53 Å². The van der Waals surface area contributed by atoms with Crippen LogP contribution < -0.4 is 10.6 Å². The molecule has 0 saturated carbocycles. The van der Waals surface area contributed by atoms with E-state index in [-0.39, 0.29) is 18.3 Å². The number of ether oxygens (including phenoxy) is 1. The van der Waals surface area contributed by atoms with Gasteiger partial charge in [-0.2, -0.15) is 0 Å². The van der Waals surface area contributed by atoms with E-state index in [0.717, 1.165) is 6.42 Å². The zero-order valence-corrected chi connectivity index (χ0v) is 11.3. The van der Waals surface area contributed by atoms with Gasteiger partial charge in [-0.3, -0.25) is 4.79 Å². The van der Waals surface area contributed by atoms with Crippen molar-refractivity contribution in [2.75, 3.05) is 25.5 Å². The van der Waals surface area contributed by atoms with Gasteiger partial charge in [0.05, 0.1) is 13.7 Å². The van der Waals surface area contributed by atoms with Crippen molar-refractivity contribution in [2.45, 2.75) is 20.3 Å². The number of carbonyl (C=O) groups is 2. The molecule has 2 N–H and O–H groups in total. The Morgan fingerprint density at radius 2 is 2.11 bits per heavy atom. The van der Waals surface area contributed by atoms with Crippen molar-refractivity contribution in [3.05, 3.63) is 17.6 Å². The number of anilines is 1. The Kier molecular flexibility index (Phi) is 5.72. The number of esters is 1. The number of hydrogen-bond donors (Lipinski definition) is 2. The highest BCUT2D eigenvalue weighted by Crippen LogP contribution is 2.06. The molecule has 0 aliphatic carbocycles. The van der Waals surface area contributed by atoms with Crippen LogP contribution in [0.3, 0.4) is 0 Å². The first-order valence-corrected chi connectivity index (χ1v) is 6.01. The van der Waals surface area contributed by atoms with Crippen molar-refractivity contribution in [2.24, 2.45) is 0 Å². The minimum absolute atomic E-state index is 0.0287. The van der Waals surface area contributed by atoms with Crippen LogP contribution in [0.5, 0.6) is 0 Å². The molecule has 1 aromatic rings. The van der Waals surface area contributed by atoms with E-state index in [1.807, 2.05) is 6.92 Å². The lowest BCUT2D eigenvalue weighted by Crippen LogP contribution is -2.30. The molecule has 1 rings (SSSR count). The Morgan fingerprint density at radius 3 is 2.74 bits per heavy atom. The normalized spacial score (nSPS) is 9.84. The third-order valence-corrected chi connectivity index (χ3v) is 2.22. The van der Waals surface area contributed by atoms with Gasteiger partial charge in [0.25, 0.3) is 0 Å². The third kappa shape index (κ3) is 4.90. The smallest absolute Gasteiger partial charge is 0.376 e. The summed E-state index contributed by atoms with van der Waals surface area (Å²) in [6.45, 7) is 4.44. The summed E-state index contributed by atoms with van der Waals surface area (Å²) in [5.74, 6) is -0.349. The summed E-state index contributed by atoms with van der Waals surface area (Å²) in [5.41, 5.74) is 0.617. The van der Waals surface area contributed by atoms with E-state index in [1.54, 1.807) is 13.0 Å². The molecule has 0 bridgehead atoms. The number of nitrogens with one attached hydrogen (secondary N) is 2. The van der Waals surface area contributed by atoms with Crippen LogP contribution in [0.4, 0.5) is 5.82 Å². The fourth-order valence-electron chi connectivity index (χ4n) is 1.34. The zero-order chi connectivity index (χ0) is 14.3. The highest BCUT2D eigenvalue weighted by molar-refractivity contribution is 5.85. The molecule has 0 unspecified atom stereocenters. The number of amides is 1. The maximum Gasteiger partial charge on any atom is 0.376 e. The maximum absolute atomic E-state index is 11.4. The first-order valence-electron chi connectivity index (χ1n) is 6.01. The second kappa shape index (κ2) is 7.30. The van der Waals surface area contributed by atoms with Gasteiger partial charge in [-0.05, 0) is 13.3 Å². The van der Waals surface area contributed by atoms with Crippen LogP contribution in [-0.4, -0.2) is 42.0 Å². The van der Waals surface area contributed by atoms with Gasteiger partial charge in [-0.15, -0.1) is 0 Å². The van der Waals surface area contributed by atoms with E-state index in [2.05, 4.69) is 25.3 Å². The van der Waals surface area contributed by atoms with Crippen molar-refractivity contribution in [1.29, 1.82) is 0 Å². The number of aromatic nitrogens is 2. The van der Waals surface area contributed by atoms with E-state index in [4.69, 9.17) is 0 Å². The SMILES string of the molecule is CCCNC(=O)CNc1cc(C)nc(C(=O)OC)n1. The molecule has 0 spiro atoms. The molecule has 7 nitrogen and oxygen atoms in total. The highest BCUT2D eigenvalue weighted by Gasteiger charge is 2.11. The molecule has 0 atom stereocenters. The number of hydrogen-bond acceptors (Lipinski definition) is 6. The number of rotatable bonds is 6. The molecule has 0 fully saturated rings. The number of carbonyl (C=O) groups excluding carboxylic acids is 2. The Labute approximate surface area is 111 Å². The topological polar surface area (TPSA) is 93.2 Å². The summed E-state index contributed by atoms with van der Waals surface area (Å²) in [5, 5.41) is 5.57. The van der Waals surface area contributed by atoms with Crippen LogP contribution in [0.25, 0.3) is 0 Å². The van der Waals surface area contributed by atoms with Crippen molar-refractivity contribution < 1.29 is 14.3 Å². The molecule has 1 heterocycles. The standard InChI is InChI=1S/C12H18N4O3/c1-4-5-13-10(17)7-14-9-6-8(2)15-11(16-9)12(18)19-3/h6H,4-5,7H2,1-3H3,(H,13,17)(H,14,15,16). The van der Waals surface area contributed by atoms with Crippen LogP contribution in [0.2, 0.25) is 0 Å². The predicted octanol–water partition coefficient (Wildman–Crippen LogP) is 0.510. The van der Waals surface area contributed by atoms with E-state index < -0.39 is 5.97 Å². The summed E-state index contributed by atoms with van der Waals surface area (Å²) in [7, 11) is 1.26. The Morgan fingerprint density at radius 1 is 1.37 bits per heavy atom. The lowest BCUT2D eigenvalue weighted by molar-refractivity contribution is -0.119. The quantitative estimate of drug-likeness (QED) is 0.729. The van der Waals surface area contributed by atoms with Gasteiger partial charge in [-0.25, -0.2) is 14.8 Å². The van der Waals surface area contributed by atoms with Gasteiger partial charge < -0.3 is 15.4 Å². The summed E-state index contributed by atoms with van der Waals surface area (Å²) < 4.78 is 4.55. The lowest BCUT2D eigenvalue weighted by Gasteiger charge is -2.08. The summed E-state index contributed by atoms with van der Waals surface area (Å²) in [6.07, 6.45) is 0.880. The Balaban J connectivity index is 2.65. The Bertz CT molecular complexity index is 462. The van der Waals surface area contributed by atoms with Crippen LogP contribution >= 0.6 is 0 Å². The van der Waals surface area contributed by atoms with Gasteiger partial charge in [0.15, 0.2) is 0 Å². The van der Waals surface area contributed by atoms with E-state index in [0.29, 0.717) is 18.1 Å². The molecule has 0 saturated heterocycles. The zero-order valence-electron chi connectivity index (χ0n) is 11.3. The van der Waals surface area contributed by atoms with Crippen molar-refractivity contribution in [1.82, 2.24) is 15.3 Å². The van der Waals surface area contributed by atoms with Crippen LogP contribution in [0.1, 0.15) is 29.7 Å². The molecular weight excluding hydrogens is 248 g/mol. The molecule has 0 aliphatic heterocycles. The molecule has 0 aliphatic rings. The predicted molar refractivity (Wildman–Crippen MR) is 69.9 cm³/mol. The van der Waals surface area contributed by atoms with Crippen molar-refractivity contribution in [3.8, 4) is 0 Å².